The third kappa shape index (κ3) is 3.51. The van der Waals surface area contributed by atoms with Crippen LogP contribution in [-0.4, -0.2) is 17.8 Å². The minimum absolute atomic E-state index is 0.955. The summed E-state index contributed by atoms with van der Waals surface area (Å²) in [6.07, 6.45) is 0. The minimum atomic E-state index is 0.955. The normalized spacial score (nSPS) is 10.5. The molecule has 0 bridgehead atoms. The van der Waals surface area contributed by atoms with Crippen molar-refractivity contribution >= 4 is 39.2 Å². The molecule has 0 N–H and O–H groups in total. The topological polar surface area (TPSA) is 16.1 Å². The van der Waals surface area contributed by atoms with Gasteiger partial charge < -0.3 is 4.90 Å². The van der Waals surface area contributed by atoms with Crippen LogP contribution in [0.5, 0.6) is 0 Å². The van der Waals surface area contributed by atoms with Gasteiger partial charge in [-0.15, -0.1) is 11.8 Å². The highest BCUT2D eigenvalue weighted by Gasteiger charge is 2.07. The van der Waals surface area contributed by atoms with Crippen LogP contribution in [0, 0.1) is 6.92 Å². The van der Waals surface area contributed by atoms with E-state index in [1.54, 1.807) is 0 Å². The molecule has 0 spiro atoms. The van der Waals surface area contributed by atoms with Crippen molar-refractivity contribution in [2.24, 2.45) is 0 Å². The predicted molar refractivity (Wildman–Crippen MR) is 87.6 cm³/mol. The molecule has 0 amide bonds. The van der Waals surface area contributed by atoms with Crippen molar-refractivity contribution in [3.8, 4) is 0 Å². The first-order valence-electron chi connectivity index (χ1n) is 6.21. The zero-order chi connectivity index (χ0) is 13.8. The van der Waals surface area contributed by atoms with Crippen molar-refractivity contribution in [3.05, 3.63) is 46.6 Å². The van der Waals surface area contributed by atoms with Gasteiger partial charge in [-0.2, -0.15) is 0 Å². The van der Waals surface area contributed by atoms with Gasteiger partial charge in [0.25, 0.3) is 0 Å². The molecule has 100 valence electrons. The molecule has 0 aliphatic rings. The first-order chi connectivity index (χ1) is 9.11. The zero-order valence-electron chi connectivity index (χ0n) is 11.4. The molecule has 0 aliphatic carbocycles. The minimum Gasteiger partial charge on any atom is -0.329 e. The molecule has 1 aromatic heterocycles. The highest BCUT2D eigenvalue weighted by atomic mass is 79.9. The van der Waals surface area contributed by atoms with Crippen molar-refractivity contribution in [2.45, 2.75) is 18.7 Å². The van der Waals surface area contributed by atoms with Gasteiger partial charge in [0.2, 0.25) is 0 Å². The Morgan fingerprint density at radius 2 is 1.84 bits per heavy atom. The molecular formula is C15H17BrN2S. The molecule has 0 aliphatic heterocycles. The molecule has 2 rings (SSSR count). The number of thioether (sulfide) groups is 1. The summed E-state index contributed by atoms with van der Waals surface area (Å²) in [5.74, 6) is 2.06. The van der Waals surface area contributed by atoms with E-state index in [-0.39, 0.29) is 0 Å². The number of pyridine rings is 1. The fourth-order valence-electron chi connectivity index (χ4n) is 1.78. The zero-order valence-corrected chi connectivity index (χ0v) is 13.8. The largest absolute Gasteiger partial charge is 0.329 e. The quantitative estimate of drug-likeness (QED) is 0.728. The standard InChI is InChI=1S/C15H17BrN2S/c1-4-19-13-7-5-12(6-8-13)18(3)15-10-9-14(16)11(2)17-15/h5-10H,4H2,1-3H3. The number of halogens is 1. The summed E-state index contributed by atoms with van der Waals surface area (Å²) < 4.78 is 1.04. The van der Waals surface area contributed by atoms with Gasteiger partial charge in [0.05, 0.1) is 5.69 Å². The van der Waals surface area contributed by atoms with Crippen molar-refractivity contribution in [3.63, 3.8) is 0 Å². The van der Waals surface area contributed by atoms with Crippen LogP contribution in [0.4, 0.5) is 11.5 Å². The van der Waals surface area contributed by atoms with Gasteiger partial charge in [-0.1, -0.05) is 6.92 Å². The molecule has 0 unspecified atom stereocenters. The molecule has 2 aromatic rings. The van der Waals surface area contributed by atoms with Gasteiger partial charge in [0, 0.05) is 22.1 Å². The first kappa shape index (κ1) is 14.4. The van der Waals surface area contributed by atoms with Crippen molar-refractivity contribution in [1.82, 2.24) is 4.98 Å². The van der Waals surface area contributed by atoms with Gasteiger partial charge in [-0.05, 0) is 65.0 Å². The summed E-state index contributed by atoms with van der Waals surface area (Å²) in [5, 5.41) is 0. The van der Waals surface area contributed by atoms with Crippen LogP contribution in [0.15, 0.2) is 45.8 Å². The Bertz CT molecular complexity index is 555. The third-order valence-corrected chi connectivity index (χ3v) is 4.62. The number of hydrogen-bond acceptors (Lipinski definition) is 3. The maximum Gasteiger partial charge on any atom is 0.133 e. The fourth-order valence-corrected chi connectivity index (χ4v) is 2.67. The molecule has 2 nitrogen and oxygen atoms in total. The first-order valence-corrected chi connectivity index (χ1v) is 7.99. The number of hydrogen-bond donors (Lipinski definition) is 0. The van der Waals surface area contributed by atoms with Crippen LogP contribution in [0.3, 0.4) is 0 Å². The SMILES string of the molecule is CCSc1ccc(N(C)c2ccc(Br)c(C)n2)cc1. The summed E-state index contributed by atoms with van der Waals surface area (Å²) >= 11 is 5.33. The highest BCUT2D eigenvalue weighted by molar-refractivity contribution is 9.10. The predicted octanol–water partition coefficient (Wildman–Crippen LogP) is 5.03. The van der Waals surface area contributed by atoms with Crippen molar-refractivity contribution < 1.29 is 0 Å². The van der Waals surface area contributed by atoms with E-state index in [9.17, 15) is 0 Å². The van der Waals surface area contributed by atoms with Crippen LogP contribution < -0.4 is 4.90 Å². The van der Waals surface area contributed by atoms with Crippen LogP contribution in [0.1, 0.15) is 12.6 Å². The number of anilines is 2. The monoisotopic (exact) mass is 336 g/mol. The summed E-state index contributed by atoms with van der Waals surface area (Å²) in [4.78, 5) is 7.98. The Morgan fingerprint density at radius 3 is 2.42 bits per heavy atom. The van der Waals surface area contributed by atoms with E-state index < -0.39 is 0 Å². The molecule has 1 aromatic carbocycles. The Hall–Kier alpha value is -1.00. The highest BCUT2D eigenvalue weighted by Crippen LogP contribution is 2.27. The Labute approximate surface area is 127 Å². The maximum absolute atomic E-state index is 4.58. The number of aryl methyl sites for hydroxylation is 1. The number of benzene rings is 1. The van der Waals surface area contributed by atoms with Crippen molar-refractivity contribution in [2.75, 3.05) is 17.7 Å². The molecule has 0 fully saturated rings. The lowest BCUT2D eigenvalue weighted by atomic mass is 10.3. The van der Waals surface area contributed by atoms with E-state index in [4.69, 9.17) is 0 Å². The summed E-state index contributed by atoms with van der Waals surface area (Å²) in [5.41, 5.74) is 2.15. The summed E-state index contributed by atoms with van der Waals surface area (Å²) in [6, 6.07) is 12.6. The second-order valence-electron chi connectivity index (χ2n) is 4.22. The number of nitrogens with zero attached hydrogens (tertiary/aromatic N) is 2. The van der Waals surface area contributed by atoms with Gasteiger partial charge in [0.1, 0.15) is 5.82 Å². The van der Waals surface area contributed by atoms with Crippen LogP contribution >= 0.6 is 27.7 Å². The van der Waals surface area contributed by atoms with Crippen LogP contribution in [0.2, 0.25) is 0 Å². The lowest BCUT2D eigenvalue weighted by Crippen LogP contribution is -2.11. The molecular weight excluding hydrogens is 320 g/mol. The van der Waals surface area contributed by atoms with Gasteiger partial charge >= 0.3 is 0 Å². The van der Waals surface area contributed by atoms with E-state index in [2.05, 4.69) is 57.0 Å². The Kier molecular flexibility index (Phi) is 4.88. The number of rotatable bonds is 4. The summed E-state index contributed by atoms with van der Waals surface area (Å²) in [7, 11) is 2.04. The van der Waals surface area contributed by atoms with Gasteiger partial charge in [-0.3, -0.25) is 0 Å². The smallest absolute Gasteiger partial charge is 0.133 e. The van der Waals surface area contributed by atoms with E-state index >= 15 is 0 Å². The number of aromatic nitrogens is 1. The Morgan fingerprint density at radius 1 is 1.16 bits per heavy atom. The molecule has 4 heteroatoms. The van der Waals surface area contributed by atoms with Crippen LogP contribution in [-0.2, 0) is 0 Å². The molecule has 19 heavy (non-hydrogen) atoms. The second-order valence-corrected chi connectivity index (χ2v) is 6.41. The van der Waals surface area contributed by atoms with E-state index in [1.165, 1.54) is 4.90 Å². The van der Waals surface area contributed by atoms with E-state index in [0.29, 0.717) is 0 Å². The van der Waals surface area contributed by atoms with E-state index in [0.717, 1.165) is 27.4 Å². The average Bonchev–Trinajstić information content (AvgIpc) is 2.42. The third-order valence-electron chi connectivity index (χ3n) is 2.89. The van der Waals surface area contributed by atoms with Gasteiger partial charge in [-0.25, -0.2) is 4.98 Å². The maximum atomic E-state index is 4.58. The molecule has 0 atom stereocenters. The lowest BCUT2D eigenvalue weighted by molar-refractivity contribution is 1.08. The van der Waals surface area contributed by atoms with E-state index in [1.807, 2.05) is 37.9 Å². The van der Waals surface area contributed by atoms with Crippen LogP contribution in [0.25, 0.3) is 0 Å². The fraction of sp³-hybridized carbons (Fsp3) is 0.267. The molecule has 1 heterocycles. The van der Waals surface area contributed by atoms with Crippen molar-refractivity contribution in [1.29, 1.82) is 0 Å². The van der Waals surface area contributed by atoms with Gasteiger partial charge in [0.15, 0.2) is 0 Å². The second kappa shape index (κ2) is 6.44. The molecule has 0 radical (unpaired) electrons. The average molecular weight is 337 g/mol. The molecule has 0 saturated heterocycles. The molecule has 0 saturated carbocycles. The lowest BCUT2D eigenvalue weighted by Gasteiger charge is -2.19. The Balaban J connectivity index is 2.22. The summed E-state index contributed by atoms with van der Waals surface area (Å²) in [6.45, 7) is 4.17.